The van der Waals surface area contributed by atoms with E-state index in [1.54, 1.807) is 18.2 Å². The van der Waals surface area contributed by atoms with Crippen molar-refractivity contribution in [3.05, 3.63) is 71.0 Å². The van der Waals surface area contributed by atoms with Crippen molar-refractivity contribution < 1.29 is 17.9 Å². The fraction of sp³-hybridized carbons (Fsp3) is 0.0588. The van der Waals surface area contributed by atoms with Gasteiger partial charge < -0.3 is 4.74 Å². The quantitative estimate of drug-likeness (QED) is 0.829. The SMILES string of the molecule is O=C(/C=C/C1=Cc2cc(Cl)ccc2OC1)NS(=O)(=O)c1cccnc1. The lowest BCUT2D eigenvalue weighted by atomic mass is 10.1. The minimum atomic E-state index is -3.95. The van der Waals surface area contributed by atoms with Crippen LogP contribution >= 0.6 is 11.6 Å². The summed E-state index contributed by atoms with van der Waals surface area (Å²) in [5.41, 5.74) is 1.51. The molecule has 0 unspecified atom stereocenters. The van der Waals surface area contributed by atoms with E-state index in [9.17, 15) is 13.2 Å². The van der Waals surface area contributed by atoms with Crippen LogP contribution in [0.3, 0.4) is 0 Å². The van der Waals surface area contributed by atoms with Crippen LogP contribution < -0.4 is 9.46 Å². The number of aromatic nitrogens is 1. The van der Waals surface area contributed by atoms with Crippen molar-refractivity contribution in [1.29, 1.82) is 0 Å². The Morgan fingerprint density at radius 1 is 1.32 bits per heavy atom. The molecule has 1 aromatic heterocycles. The largest absolute Gasteiger partial charge is 0.488 e. The molecule has 0 spiro atoms. The lowest BCUT2D eigenvalue weighted by molar-refractivity contribution is -0.114. The van der Waals surface area contributed by atoms with Gasteiger partial charge in [-0.15, -0.1) is 0 Å². The summed E-state index contributed by atoms with van der Waals surface area (Å²) in [6.07, 6.45) is 7.07. The maximum Gasteiger partial charge on any atom is 0.265 e. The van der Waals surface area contributed by atoms with Crippen molar-refractivity contribution in [2.45, 2.75) is 4.90 Å². The van der Waals surface area contributed by atoms with Crippen LogP contribution in [0.25, 0.3) is 6.08 Å². The van der Waals surface area contributed by atoms with Gasteiger partial charge in [-0.05, 0) is 42.0 Å². The molecule has 0 saturated carbocycles. The van der Waals surface area contributed by atoms with Crippen LogP contribution in [0.4, 0.5) is 0 Å². The molecule has 1 N–H and O–H groups in total. The molecule has 1 amide bonds. The van der Waals surface area contributed by atoms with Crippen molar-refractivity contribution in [3.63, 3.8) is 0 Å². The highest BCUT2D eigenvalue weighted by Gasteiger charge is 2.16. The Morgan fingerprint density at radius 3 is 2.92 bits per heavy atom. The molecule has 1 aliphatic heterocycles. The van der Waals surface area contributed by atoms with E-state index in [0.717, 1.165) is 17.8 Å². The van der Waals surface area contributed by atoms with Crippen LogP contribution in [0.15, 0.2) is 65.3 Å². The number of sulfonamides is 1. The first kappa shape index (κ1) is 17.2. The summed E-state index contributed by atoms with van der Waals surface area (Å²) < 4.78 is 31.6. The van der Waals surface area contributed by atoms with Crippen LogP contribution in [0.1, 0.15) is 5.56 Å². The Bertz CT molecular complexity index is 969. The van der Waals surface area contributed by atoms with Crippen LogP contribution in [0.5, 0.6) is 5.75 Å². The molecule has 0 atom stereocenters. The fourth-order valence-corrected chi connectivity index (χ4v) is 3.27. The zero-order chi connectivity index (χ0) is 17.9. The molecule has 0 radical (unpaired) electrons. The summed E-state index contributed by atoms with van der Waals surface area (Å²) in [4.78, 5) is 15.5. The molecule has 1 aliphatic rings. The number of hydrogen-bond donors (Lipinski definition) is 1. The molecule has 2 aromatic rings. The third-order valence-corrected chi connectivity index (χ3v) is 4.90. The summed E-state index contributed by atoms with van der Waals surface area (Å²) in [6, 6.07) is 8.07. The van der Waals surface area contributed by atoms with E-state index >= 15 is 0 Å². The molecular weight excluding hydrogens is 364 g/mol. The number of nitrogens with one attached hydrogen (secondary N) is 1. The predicted molar refractivity (Wildman–Crippen MR) is 93.6 cm³/mol. The van der Waals surface area contributed by atoms with Gasteiger partial charge >= 0.3 is 0 Å². The first-order valence-electron chi connectivity index (χ1n) is 7.22. The average molecular weight is 377 g/mol. The number of pyridine rings is 1. The van der Waals surface area contributed by atoms with Gasteiger partial charge in [-0.1, -0.05) is 17.7 Å². The monoisotopic (exact) mass is 376 g/mol. The molecule has 128 valence electrons. The minimum Gasteiger partial charge on any atom is -0.488 e. The molecule has 25 heavy (non-hydrogen) atoms. The maximum atomic E-state index is 12.0. The number of halogens is 1. The molecule has 8 heteroatoms. The smallest absolute Gasteiger partial charge is 0.265 e. The second kappa shape index (κ2) is 7.08. The zero-order valence-corrected chi connectivity index (χ0v) is 14.4. The van der Waals surface area contributed by atoms with Gasteiger partial charge in [0.15, 0.2) is 0 Å². The van der Waals surface area contributed by atoms with Gasteiger partial charge in [0.2, 0.25) is 0 Å². The van der Waals surface area contributed by atoms with Crippen molar-refractivity contribution in [1.82, 2.24) is 9.71 Å². The van der Waals surface area contributed by atoms with E-state index in [2.05, 4.69) is 4.98 Å². The Balaban J connectivity index is 1.71. The first-order valence-corrected chi connectivity index (χ1v) is 9.08. The van der Waals surface area contributed by atoms with E-state index in [4.69, 9.17) is 16.3 Å². The fourth-order valence-electron chi connectivity index (χ4n) is 2.18. The zero-order valence-electron chi connectivity index (χ0n) is 12.8. The van der Waals surface area contributed by atoms with Crippen molar-refractivity contribution in [2.24, 2.45) is 0 Å². The molecule has 2 heterocycles. The predicted octanol–water partition coefficient (Wildman–Crippen LogP) is 2.57. The lowest BCUT2D eigenvalue weighted by Gasteiger charge is -2.16. The number of benzene rings is 1. The van der Waals surface area contributed by atoms with Crippen LogP contribution in [0, 0.1) is 0 Å². The minimum absolute atomic E-state index is 0.0828. The first-order chi connectivity index (χ1) is 11.9. The number of carbonyl (C=O) groups excluding carboxylic acids is 1. The Kier molecular flexibility index (Phi) is 4.87. The highest BCUT2D eigenvalue weighted by Crippen LogP contribution is 2.29. The van der Waals surface area contributed by atoms with E-state index in [-0.39, 0.29) is 11.5 Å². The van der Waals surface area contributed by atoms with Gasteiger partial charge in [0.25, 0.3) is 15.9 Å². The van der Waals surface area contributed by atoms with Crippen LogP contribution in [-0.2, 0) is 14.8 Å². The van der Waals surface area contributed by atoms with E-state index in [1.165, 1.54) is 24.4 Å². The number of nitrogens with zero attached hydrogens (tertiary/aromatic N) is 1. The molecular formula is C17H13ClN2O4S. The summed E-state index contributed by atoms with van der Waals surface area (Å²) in [5.74, 6) is -0.0631. The van der Waals surface area contributed by atoms with Gasteiger partial charge in [-0.2, -0.15) is 0 Å². The molecule has 6 nitrogen and oxygen atoms in total. The third kappa shape index (κ3) is 4.26. The summed E-state index contributed by atoms with van der Waals surface area (Å²) >= 11 is 5.94. The topological polar surface area (TPSA) is 85.4 Å². The van der Waals surface area contributed by atoms with E-state index < -0.39 is 15.9 Å². The van der Waals surface area contributed by atoms with Gasteiger partial charge in [-0.25, -0.2) is 13.1 Å². The van der Waals surface area contributed by atoms with Crippen molar-refractivity contribution in [2.75, 3.05) is 6.61 Å². The second-order valence-electron chi connectivity index (χ2n) is 5.18. The summed E-state index contributed by atoms with van der Waals surface area (Å²) in [6.45, 7) is 0.272. The highest BCUT2D eigenvalue weighted by atomic mass is 35.5. The van der Waals surface area contributed by atoms with Crippen LogP contribution in [-0.4, -0.2) is 25.9 Å². The molecule has 0 saturated heterocycles. The molecule has 0 fully saturated rings. The van der Waals surface area contributed by atoms with Gasteiger partial charge in [0.05, 0.1) is 0 Å². The Hall–Kier alpha value is -2.64. The Morgan fingerprint density at radius 2 is 2.16 bits per heavy atom. The lowest BCUT2D eigenvalue weighted by Crippen LogP contribution is -2.29. The van der Waals surface area contributed by atoms with Gasteiger partial charge in [-0.3, -0.25) is 9.78 Å². The Labute approximate surface area is 149 Å². The molecule has 1 aromatic carbocycles. The normalized spacial score (nSPS) is 13.7. The average Bonchev–Trinajstić information content (AvgIpc) is 2.60. The molecule has 3 rings (SSSR count). The summed E-state index contributed by atoms with van der Waals surface area (Å²) in [7, 11) is -3.95. The molecule has 0 aliphatic carbocycles. The van der Waals surface area contributed by atoms with Crippen molar-refractivity contribution >= 4 is 33.6 Å². The summed E-state index contributed by atoms with van der Waals surface area (Å²) in [5, 5.41) is 0.573. The second-order valence-corrected chi connectivity index (χ2v) is 7.30. The van der Waals surface area contributed by atoms with Gasteiger partial charge in [0, 0.05) is 29.1 Å². The maximum absolute atomic E-state index is 12.0. The number of rotatable bonds is 4. The third-order valence-electron chi connectivity index (χ3n) is 3.34. The van der Waals surface area contributed by atoms with Gasteiger partial charge in [0.1, 0.15) is 17.3 Å². The number of fused-ring (bicyclic) bond motifs is 1. The van der Waals surface area contributed by atoms with E-state index in [0.29, 0.717) is 16.3 Å². The number of hydrogen-bond acceptors (Lipinski definition) is 5. The van der Waals surface area contributed by atoms with Crippen molar-refractivity contribution in [3.8, 4) is 5.75 Å². The number of ether oxygens (including phenoxy) is 1. The standard InChI is InChI=1S/C17H13ClN2O4S/c18-14-4-5-16-13(9-14)8-12(11-24-16)3-6-17(21)20-25(22,23)15-2-1-7-19-10-15/h1-10H,11H2,(H,20,21)/b6-3+. The number of carbonyl (C=O) groups is 1. The van der Waals surface area contributed by atoms with Crippen LogP contribution in [0.2, 0.25) is 5.02 Å². The highest BCUT2D eigenvalue weighted by molar-refractivity contribution is 7.90. The van der Waals surface area contributed by atoms with E-state index in [1.807, 2.05) is 10.8 Å². The molecule has 0 bridgehead atoms. The number of amides is 1.